The second-order valence-corrected chi connectivity index (χ2v) is 8.95. The lowest BCUT2D eigenvalue weighted by Crippen LogP contribution is -2.28. The van der Waals surface area contributed by atoms with Crippen LogP contribution in [0.3, 0.4) is 0 Å². The van der Waals surface area contributed by atoms with Gasteiger partial charge in [0.25, 0.3) is 5.91 Å². The topological polar surface area (TPSA) is 68.2 Å². The third kappa shape index (κ3) is 6.00. The molecule has 0 saturated carbocycles. The van der Waals surface area contributed by atoms with Crippen molar-refractivity contribution in [3.8, 4) is 5.75 Å². The van der Waals surface area contributed by atoms with Crippen molar-refractivity contribution in [2.75, 3.05) is 13.7 Å². The lowest BCUT2D eigenvalue weighted by atomic mass is 10.1. The molecule has 1 heterocycles. The highest BCUT2D eigenvalue weighted by Gasteiger charge is 2.32. The monoisotopic (exact) mass is 486 g/mol. The number of esters is 1. The van der Waals surface area contributed by atoms with Crippen LogP contribution >= 0.6 is 11.8 Å². The molecule has 1 saturated heterocycles. The van der Waals surface area contributed by atoms with Gasteiger partial charge in [0, 0.05) is 6.54 Å². The molecule has 0 radical (unpaired) electrons. The first-order valence-electron chi connectivity index (χ1n) is 11.2. The molecule has 7 heteroatoms. The number of hydrogen-bond acceptors (Lipinski definition) is 6. The van der Waals surface area contributed by atoms with E-state index in [1.807, 2.05) is 49.4 Å². The third-order valence-corrected chi connectivity index (χ3v) is 6.39. The Kier molecular flexibility index (Phi) is 7.67. The van der Waals surface area contributed by atoms with Crippen LogP contribution in [0, 0.1) is 6.92 Å². The molecular formula is C28H26N2O4S. The largest absolute Gasteiger partial charge is 0.489 e. The maximum absolute atomic E-state index is 12.9. The maximum atomic E-state index is 12.9. The molecule has 1 fully saturated rings. The Balaban J connectivity index is 1.46. The van der Waals surface area contributed by atoms with Gasteiger partial charge in [-0.1, -0.05) is 42.0 Å². The molecule has 0 unspecified atom stereocenters. The zero-order chi connectivity index (χ0) is 24.8. The lowest BCUT2D eigenvalue weighted by Gasteiger charge is -2.12. The van der Waals surface area contributed by atoms with Gasteiger partial charge < -0.3 is 9.47 Å². The van der Waals surface area contributed by atoms with Gasteiger partial charge in [-0.25, -0.2) is 9.79 Å². The minimum Gasteiger partial charge on any atom is -0.489 e. The average molecular weight is 487 g/mol. The fourth-order valence-corrected chi connectivity index (χ4v) is 4.61. The van der Waals surface area contributed by atoms with Crippen molar-refractivity contribution in [1.29, 1.82) is 0 Å². The molecule has 0 atom stereocenters. The number of methoxy groups -OCH3 is 1. The third-order valence-electron chi connectivity index (χ3n) is 5.38. The number of aliphatic imine (C=N–C) groups is 1. The number of aryl methyl sites for hydroxylation is 1. The number of amidine groups is 1. The summed E-state index contributed by atoms with van der Waals surface area (Å²) in [6.45, 7) is 4.98. The first-order chi connectivity index (χ1) is 17.0. The van der Waals surface area contributed by atoms with Crippen molar-refractivity contribution < 1.29 is 19.1 Å². The number of rotatable bonds is 7. The van der Waals surface area contributed by atoms with Crippen LogP contribution in [0.5, 0.6) is 5.75 Å². The van der Waals surface area contributed by atoms with E-state index in [4.69, 9.17) is 9.47 Å². The number of benzene rings is 3. The second kappa shape index (κ2) is 11.1. The highest BCUT2D eigenvalue weighted by Crippen LogP contribution is 2.34. The van der Waals surface area contributed by atoms with Crippen LogP contribution in [-0.4, -0.2) is 35.6 Å². The zero-order valence-corrected chi connectivity index (χ0v) is 20.7. The van der Waals surface area contributed by atoms with E-state index >= 15 is 0 Å². The van der Waals surface area contributed by atoms with Crippen LogP contribution in [0.15, 0.2) is 82.7 Å². The Bertz CT molecular complexity index is 1280. The fourth-order valence-electron chi connectivity index (χ4n) is 3.55. The van der Waals surface area contributed by atoms with Crippen molar-refractivity contribution in [2.45, 2.75) is 20.5 Å². The molecule has 178 valence electrons. The Labute approximate surface area is 209 Å². The van der Waals surface area contributed by atoms with Crippen molar-refractivity contribution in [3.05, 3.63) is 100.0 Å². The summed E-state index contributed by atoms with van der Waals surface area (Å²) in [5.41, 5.74) is 4.33. The zero-order valence-electron chi connectivity index (χ0n) is 19.9. The summed E-state index contributed by atoms with van der Waals surface area (Å²) in [7, 11) is 1.34. The summed E-state index contributed by atoms with van der Waals surface area (Å²) in [4.78, 5) is 31.4. The Morgan fingerprint density at radius 1 is 1.06 bits per heavy atom. The normalized spacial score (nSPS) is 15.6. The lowest BCUT2D eigenvalue weighted by molar-refractivity contribution is -0.122. The van der Waals surface area contributed by atoms with E-state index < -0.39 is 5.97 Å². The van der Waals surface area contributed by atoms with Crippen molar-refractivity contribution in [3.63, 3.8) is 0 Å². The number of nitrogens with zero attached hydrogens (tertiary/aromatic N) is 2. The summed E-state index contributed by atoms with van der Waals surface area (Å²) in [6.07, 6.45) is 1.86. The van der Waals surface area contributed by atoms with E-state index in [-0.39, 0.29) is 5.91 Å². The van der Waals surface area contributed by atoms with Gasteiger partial charge in [-0.15, -0.1) is 0 Å². The summed E-state index contributed by atoms with van der Waals surface area (Å²) >= 11 is 1.33. The van der Waals surface area contributed by atoms with Crippen molar-refractivity contribution in [1.82, 2.24) is 4.90 Å². The second-order valence-electron chi connectivity index (χ2n) is 7.94. The average Bonchev–Trinajstić information content (AvgIpc) is 3.17. The standard InChI is InChI=1S/C28H26N2O4S/c1-4-30-26(31)25(35-28(30)29-23-12-10-22(11-13-23)27(32)33-3)17-20-8-14-24(15-9-20)34-18-21-7-5-6-19(2)16-21/h5-17H,4,18H2,1-3H3/b25-17+,29-28?. The van der Waals surface area contributed by atoms with E-state index in [0.29, 0.717) is 34.5 Å². The Hall–Kier alpha value is -3.84. The molecule has 0 N–H and O–H groups in total. The molecule has 3 aromatic carbocycles. The van der Waals surface area contributed by atoms with Crippen LogP contribution in [0.1, 0.15) is 34.0 Å². The molecular weight excluding hydrogens is 460 g/mol. The van der Waals surface area contributed by atoms with Gasteiger partial charge in [0.1, 0.15) is 12.4 Å². The van der Waals surface area contributed by atoms with E-state index in [0.717, 1.165) is 16.9 Å². The summed E-state index contributed by atoms with van der Waals surface area (Å²) in [6, 6.07) is 22.7. The molecule has 0 spiro atoms. The summed E-state index contributed by atoms with van der Waals surface area (Å²) in [5, 5.41) is 0.604. The van der Waals surface area contributed by atoms with Crippen LogP contribution in [0.4, 0.5) is 5.69 Å². The minimum atomic E-state index is -0.401. The first-order valence-corrected chi connectivity index (χ1v) is 12.1. The molecule has 1 amide bonds. The number of thioether (sulfide) groups is 1. The molecule has 4 rings (SSSR count). The molecule has 0 bridgehead atoms. The maximum Gasteiger partial charge on any atom is 0.337 e. The summed E-state index contributed by atoms with van der Waals surface area (Å²) < 4.78 is 10.6. The highest BCUT2D eigenvalue weighted by atomic mass is 32.2. The number of hydrogen-bond donors (Lipinski definition) is 0. The van der Waals surface area contributed by atoms with E-state index in [1.165, 1.54) is 24.4 Å². The van der Waals surface area contributed by atoms with Crippen LogP contribution < -0.4 is 4.74 Å². The van der Waals surface area contributed by atoms with Crippen molar-refractivity contribution in [2.24, 2.45) is 4.99 Å². The molecule has 0 aromatic heterocycles. The van der Waals surface area contributed by atoms with Gasteiger partial charge >= 0.3 is 5.97 Å². The number of amides is 1. The van der Waals surface area contributed by atoms with Gasteiger partial charge in [-0.2, -0.15) is 0 Å². The van der Waals surface area contributed by atoms with E-state index in [9.17, 15) is 9.59 Å². The minimum absolute atomic E-state index is 0.0813. The molecule has 35 heavy (non-hydrogen) atoms. The number of carbonyl (C=O) groups excluding carboxylic acids is 2. The van der Waals surface area contributed by atoms with E-state index in [1.54, 1.807) is 29.2 Å². The Morgan fingerprint density at radius 3 is 2.46 bits per heavy atom. The van der Waals surface area contributed by atoms with Gasteiger partial charge in [-0.3, -0.25) is 9.69 Å². The predicted octanol–water partition coefficient (Wildman–Crippen LogP) is 5.98. The van der Waals surface area contributed by atoms with Crippen LogP contribution in [0.2, 0.25) is 0 Å². The Morgan fingerprint density at radius 2 is 1.80 bits per heavy atom. The van der Waals surface area contributed by atoms with Gasteiger partial charge in [0.05, 0.1) is 23.3 Å². The van der Waals surface area contributed by atoms with Crippen LogP contribution in [-0.2, 0) is 16.1 Å². The SMILES string of the molecule is CCN1C(=O)/C(=C\c2ccc(OCc3cccc(C)c3)cc2)SC1=Nc1ccc(C(=O)OC)cc1. The van der Waals surface area contributed by atoms with Gasteiger partial charge in [0.15, 0.2) is 5.17 Å². The molecule has 3 aromatic rings. The highest BCUT2D eigenvalue weighted by molar-refractivity contribution is 8.18. The number of ether oxygens (including phenoxy) is 2. The molecule has 0 aliphatic carbocycles. The predicted molar refractivity (Wildman–Crippen MR) is 140 cm³/mol. The van der Waals surface area contributed by atoms with Crippen LogP contribution in [0.25, 0.3) is 6.08 Å². The smallest absolute Gasteiger partial charge is 0.337 e. The molecule has 1 aliphatic heterocycles. The number of carbonyl (C=O) groups is 2. The molecule has 6 nitrogen and oxygen atoms in total. The number of likely N-dealkylation sites (N-methyl/N-ethyl adjacent to an activating group) is 1. The first kappa shape index (κ1) is 24.3. The van der Waals surface area contributed by atoms with Gasteiger partial charge in [0.2, 0.25) is 0 Å². The quantitative estimate of drug-likeness (QED) is 0.303. The van der Waals surface area contributed by atoms with Gasteiger partial charge in [-0.05, 0) is 79.2 Å². The fraction of sp³-hybridized carbons (Fsp3) is 0.179. The van der Waals surface area contributed by atoms with Crippen molar-refractivity contribution >= 4 is 40.6 Å². The molecule has 1 aliphatic rings. The van der Waals surface area contributed by atoms with E-state index in [2.05, 4.69) is 24.0 Å². The summed E-state index contributed by atoms with van der Waals surface area (Å²) in [5.74, 6) is 0.288.